The molecular weight excluding hydrogens is 555 g/mol. The van der Waals surface area contributed by atoms with Crippen LogP contribution in [0.2, 0.25) is 5.02 Å². The highest BCUT2D eigenvalue weighted by molar-refractivity contribution is 7.93. The summed E-state index contributed by atoms with van der Waals surface area (Å²) in [5.74, 6) is -0.520. The lowest BCUT2D eigenvalue weighted by Gasteiger charge is -2.37. The molecule has 0 aromatic heterocycles. The lowest BCUT2D eigenvalue weighted by Crippen LogP contribution is -2.52. The molecule has 1 fully saturated rings. The maximum atomic E-state index is 13.9. The number of anilines is 2. The van der Waals surface area contributed by atoms with E-state index in [1.165, 1.54) is 30.2 Å². The van der Waals surface area contributed by atoms with Crippen LogP contribution in [-0.4, -0.2) is 59.1 Å². The molecule has 1 aliphatic rings. The van der Waals surface area contributed by atoms with E-state index in [9.17, 15) is 26.4 Å². The summed E-state index contributed by atoms with van der Waals surface area (Å²) in [5.41, 5.74) is 0.189. The fourth-order valence-corrected chi connectivity index (χ4v) is 6.20. The minimum Gasteiger partial charge on any atom is -0.495 e. The molecule has 1 amide bonds. The second-order valence-electron chi connectivity index (χ2n) is 9.06. The Balaban J connectivity index is 1.65. The van der Waals surface area contributed by atoms with E-state index in [0.717, 1.165) is 23.9 Å². The zero-order valence-corrected chi connectivity index (χ0v) is 22.9. The Morgan fingerprint density at radius 2 is 1.69 bits per heavy atom. The molecule has 3 aromatic rings. The van der Waals surface area contributed by atoms with E-state index in [-0.39, 0.29) is 16.3 Å². The van der Waals surface area contributed by atoms with Gasteiger partial charge < -0.3 is 14.5 Å². The zero-order valence-electron chi connectivity index (χ0n) is 21.3. The van der Waals surface area contributed by atoms with Gasteiger partial charge in [0.2, 0.25) is 5.91 Å². The van der Waals surface area contributed by atoms with Crippen LogP contribution in [0.1, 0.15) is 11.1 Å². The number of aryl methyl sites for hydroxylation is 1. The standard InChI is InChI=1S/C27H27ClF3N3O4S/c1-19-9-10-24(38-2)25(15-19)39(36,37)34(23-8-3-5-20(16-23)27(29,30)31)18-26(35)33-13-11-32(12-14-33)22-7-4-6-21(28)17-22/h3-10,15-17H,11-14,18H2,1-2H3. The number of hydrogen-bond acceptors (Lipinski definition) is 5. The van der Waals surface area contributed by atoms with Gasteiger partial charge in [0.05, 0.1) is 18.4 Å². The first kappa shape index (κ1) is 28.6. The number of alkyl halides is 3. The molecule has 1 aliphatic heterocycles. The van der Waals surface area contributed by atoms with E-state index in [1.807, 2.05) is 18.2 Å². The molecule has 12 heteroatoms. The molecule has 0 saturated carbocycles. The number of amides is 1. The molecule has 0 atom stereocenters. The molecule has 1 saturated heterocycles. The molecule has 0 aliphatic carbocycles. The zero-order chi connectivity index (χ0) is 28.4. The van der Waals surface area contributed by atoms with Crippen LogP contribution in [0.4, 0.5) is 24.5 Å². The van der Waals surface area contributed by atoms with E-state index in [4.69, 9.17) is 16.3 Å². The van der Waals surface area contributed by atoms with Crippen LogP contribution in [0, 0.1) is 6.92 Å². The van der Waals surface area contributed by atoms with Crippen LogP contribution in [-0.2, 0) is 21.0 Å². The van der Waals surface area contributed by atoms with Crippen molar-refractivity contribution in [2.45, 2.75) is 18.0 Å². The third-order valence-corrected chi connectivity index (χ3v) is 8.46. The van der Waals surface area contributed by atoms with E-state index in [2.05, 4.69) is 4.90 Å². The Labute approximate surface area is 230 Å². The van der Waals surface area contributed by atoms with E-state index < -0.39 is 34.2 Å². The fraction of sp³-hybridized carbons (Fsp3) is 0.296. The number of benzene rings is 3. The smallest absolute Gasteiger partial charge is 0.416 e. The molecule has 208 valence electrons. The van der Waals surface area contributed by atoms with Gasteiger partial charge in [0.25, 0.3) is 10.0 Å². The molecule has 39 heavy (non-hydrogen) atoms. The van der Waals surface area contributed by atoms with E-state index >= 15 is 0 Å². The first-order chi connectivity index (χ1) is 18.4. The van der Waals surface area contributed by atoms with Crippen molar-refractivity contribution in [3.63, 3.8) is 0 Å². The van der Waals surface area contributed by atoms with Crippen LogP contribution >= 0.6 is 11.6 Å². The number of sulfonamides is 1. The first-order valence-electron chi connectivity index (χ1n) is 12.0. The lowest BCUT2D eigenvalue weighted by atomic mass is 10.2. The van der Waals surface area contributed by atoms with Gasteiger partial charge in [-0.2, -0.15) is 13.2 Å². The topological polar surface area (TPSA) is 70.2 Å². The number of halogens is 4. The summed E-state index contributed by atoms with van der Waals surface area (Å²) in [6.45, 7) is 2.56. The highest BCUT2D eigenvalue weighted by atomic mass is 35.5. The van der Waals surface area contributed by atoms with Crippen molar-refractivity contribution < 1.29 is 31.1 Å². The largest absolute Gasteiger partial charge is 0.495 e. The molecule has 1 heterocycles. The molecule has 4 rings (SSSR count). The monoisotopic (exact) mass is 581 g/mol. The maximum Gasteiger partial charge on any atom is 0.416 e. The summed E-state index contributed by atoms with van der Waals surface area (Å²) in [4.78, 5) is 16.7. The summed E-state index contributed by atoms with van der Waals surface area (Å²) in [6.07, 6.45) is -4.70. The second kappa shape index (κ2) is 11.4. The number of hydrogen-bond donors (Lipinski definition) is 0. The van der Waals surface area contributed by atoms with Gasteiger partial charge in [-0.05, 0) is 61.0 Å². The van der Waals surface area contributed by atoms with Crippen molar-refractivity contribution >= 4 is 38.9 Å². The fourth-order valence-electron chi connectivity index (χ4n) is 4.37. The van der Waals surface area contributed by atoms with Crippen molar-refractivity contribution in [2.24, 2.45) is 0 Å². The third kappa shape index (κ3) is 6.42. The molecule has 0 bridgehead atoms. The quantitative estimate of drug-likeness (QED) is 0.383. The maximum absolute atomic E-state index is 13.9. The van der Waals surface area contributed by atoms with Gasteiger partial charge in [-0.15, -0.1) is 0 Å². The highest BCUT2D eigenvalue weighted by Crippen LogP contribution is 2.35. The number of methoxy groups -OCH3 is 1. The summed E-state index contributed by atoms with van der Waals surface area (Å²) >= 11 is 6.09. The molecule has 0 spiro atoms. The molecule has 0 radical (unpaired) electrons. The Hall–Kier alpha value is -3.44. The summed E-state index contributed by atoms with van der Waals surface area (Å²) in [5, 5.41) is 0.583. The molecule has 0 N–H and O–H groups in total. The summed E-state index contributed by atoms with van der Waals surface area (Å²) < 4.78 is 74.2. The molecular formula is C27H27ClF3N3O4S. The predicted octanol–water partition coefficient (Wildman–Crippen LogP) is 5.22. The van der Waals surface area contributed by atoms with Gasteiger partial charge in [-0.3, -0.25) is 9.10 Å². The summed E-state index contributed by atoms with van der Waals surface area (Å²) in [7, 11) is -3.21. The van der Waals surface area contributed by atoms with Crippen molar-refractivity contribution in [2.75, 3.05) is 49.0 Å². The minimum absolute atomic E-state index is 0.0140. The van der Waals surface area contributed by atoms with E-state index in [0.29, 0.717) is 41.1 Å². The predicted molar refractivity (Wildman–Crippen MR) is 144 cm³/mol. The minimum atomic E-state index is -4.70. The number of carbonyl (C=O) groups excluding carboxylic acids is 1. The Bertz CT molecular complexity index is 1460. The Kier molecular flexibility index (Phi) is 8.31. The number of nitrogens with zero attached hydrogens (tertiary/aromatic N) is 3. The van der Waals surface area contributed by atoms with Crippen LogP contribution in [0.3, 0.4) is 0 Å². The van der Waals surface area contributed by atoms with Crippen LogP contribution in [0.15, 0.2) is 71.6 Å². The average molecular weight is 582 g/mol. The van der Waals surface area contributed by atoms with Gasteiger partial charge in [0.1, 0.15) is 17.2 Å². The van der Waals surface area contributed by atoms with Crippen LogP contribution in [0.5, 0.6) is 5.75 Å². The van der Waals surface area contributed by atoms with Crippen molar-refractivity contribution in [1.82, 2.24) is 4.90 Å². The first-order valence-corrected chi connectivity index (χ1v) is 13.8. The van der Waals surface area contributed by atoms with Crippen molar-refractivity contribution in [1.29, 1.82) is 0 Å². The van der Waals surface area contributed by atoms with Crippen molar-refractivity contribution in [3.8, 4) is 5.75 Å². The SMILES string of the molecule is COc1ccc(C)cc1S(=O)(=O)N(CC(=O)N1CCN(c2cccc(Cl)c2)CC1)c1cccc(C(F)(F)F)c1. The van der Waals surface area contributed by atoms with Gasteiger partial charge in [0.15, 0.2) is 0 Å². The molecule has 0 unspecified atom stereocenters. The second-order valence-corrected chi connectivity index (χ2v) is 11.3. The van der Waals surface area contributed by atoms with Gasteiger partial charge >= 0.3 is 6.18 Å². The molecule has 7 nitrogen and oxygen atoms in total. The number of ether oxygens (including phenoxy) is 1. The number of rotatable bonds is 7. The van der Waals surface area contributed by atoms with Crippen LogP contribution in [0.25, 0.3) is 0 Å². The number of piperazine rings is 1. The van der Waals surface area contributed by atoms with Crippen molar-refractivity contribution in [3.05, 3.63) is 82.9 Å². The normalized spacial score (nSPS) is 14.3. The lowest BCUT2D eigenvalue weighted by molar-refractivity contribution is -0.137. The Morgan fingerprint density at radius 3 is 2.33 bits per heavy atom. The average Bonchev–Trinajstić information content (AvgIpc) is 2.91. The van der Waals surface area contributed by atoms with Gasteiger partial charge in [-0.25, -0.2) is 8.42 Å². The van der Waals surface area contributed by atoms with Crippen LogP contribution < -0.4 is 13.9 Å². The number of carbonyl (C=O) groups is 1. The molecule has 3 aromatic carbocycles. The van der Waals surface area contributed by atoms with E-state index in [1.54, 1.807) is 19.1 Å². The highest BCUT2D eigenvalue weighted by Gasteiger charge is 2.35. The third-order valence-electron chi connectivity index (χ3n) is 6.43. The summed E-state index contributed by atoms with van der Waals surface area (Å²) in [6, 6.07) is 15.7. The van der Waals surface area contributed by atoms with Gasteiger partial charge in [-0.1, -0.05) is 29.8 Å². The van der Waals surface area contributed by atoms with Gasteiger partial charge in [0, 0.05) is 36.9 Å². The Morgan fingerprint density at radius 1 is 1.00 bits per heavy atom.